The Morgan fingerprint density at radius 1 is 1.27 bits per heavy atom. The van der Waals surface area contributed by atoms with Crippen LogP contribution in [0.1, 0.15) is 38.2 Å². The minimum absolute atomic E-state index is 0.0110. The fourth-order valence-electron chi connectivity index (χ4n) is 3.07. The zero-order chi connectivity index (χ0) is 18.7. The summed E-state index contributed by atoms with van der Waals surface area (Å²) in [6.45, 7) is 2.39. The number of rotatable bonds is 5. The second kappa shape index (κ2) is 7.79. The van der Waals surface area contributed by atoms with Crippen LogP contribution in [0, 0.1) is 11.3 Å². The molecule has 1 aliphatic carbocycles. The Morgan fingerprint density at radius 2 is 2.00 bits per heavy atom. The van der Waals surface area contributed by atoms with E-state index in [9.17, 15) is 5.26 Å². The summed E-state index contributed by atoms with van der Waals surface area (Å²) in [4.78, 5) is 8.05. The fraction of sp³-hybridized carbons (Fsp3) is 0.389. The van der Waals surface area contributed by atoms with Crippen LogP contribution in [0.15, 0.2) is 16.6 Å². The molecule has 4 N–H and O–H groups in total. The molecule has 1 heterocycles. The molecule has 26 heavy (non-hydrogen) atoms. The third kappa shape index (κ3) is 3.68. The normalized spacial score (nSPS) is 14.2. The molecule has 1 aliphatic rings. The predicted octanol–water partition coefficient (Wildman–Crippen LogP) is 3.66. The highest BCUT2D eigenvalue weighted by atomic mass is 79.9. The van der Waals surface area contributed by atoms with Gasteiger partial charge >= 0.3 is 0 Å². The van der Waals surface area contributed by atoms with Gasteiger partial charge in [0.2, 0.25) is 5.95 Å². The zero-order valence-corrected chi connectivity index (χ0v) is 16.0. The molecule has 0 atom stereocenters. The number of ether oxygens (including phenoxy) is 2. The minimum atomic E-state index is 0.0110. The lowest BCUT2D eigenvalue weighted by atomic mass is 10.1. The largest absolute Gasteiger partial charge is 0.490 e. The number of benzene rings is 1. The molecular formula is C18H20BrN5O2. The first-order valence-corrected chi connectivity index (χ1v) is 9.29. The lowest BCUT2D eigenvalue weighted by Crippen LogP contribution is -2.12. The van der Waals surface area contributed by atoms with Crippen LogP contribution in [0.4, 0.5) is 11.8 Å². The standard InChI is InChI=1S/C18H20BrN5O2/c1-2-25-14-8-10(15-12(9-20)17(21)24-18(22)23-15)7-13(19)16(14)26-11-5-3-4-6-11/h7-8,11H,2-6H2,1H3,(H4,21,22,23,24). The van der Waals surface area contributed by atoms with E-state index in [-0.39, 0.29) is 23.4 Å². The third-order valence-electron chi connectivity index (χ3n) is 4.24. The van der Waals surface area contributed by atoms with Gasteiger partial charge in [-0.25, -0.2) is 4.98 Å². The van der Waals surface area contributed by atoms with E-state index in [1.165, 1.54) is 12.8 Å². The monoisotopic (exact) mass is 417 g/mol. The lowest BCUT2D eigenvalue weighted by molar-refractivity contribution is 0.195. The van der Waals surface area contributed by atoms with Crippen molar-refractivity contribution in [1.82, 2.24) is 9.97 Å². The maximum Gasteiger partial charge on any atom is 0.222 e. The van der Waals surface area contributed by atoms with Gasteiger partial charge in [-0.3, -0.25) is 0 Å². The van der Waals surface area contributed by atoms with Gasteiger partial charge in [0.15, 0.2) is 11.5 Å². The zero-order valence-electron chi connectivity index (χ0n) is 14.5. The molecule has 0 unspecified atom stereocenters. The lowest BCUT2D eigenvalue weighted by Gasteiger charge is -2.19. The van der Waals surface area contributed by atoms with E-state index >= 15 is 0 Å². The number of anilines is 2. The van der Waals surface area contributed by atoms with Crippen molar-refractivity contribution < 1.29 is 9.47 Å². The van der Waals surface area contributed by atoms with Crippen molar-refractivity contribution in [3.63, 3.8) is 0 Å². The second-order valence-electron chi connectivity index (χ2n) is 6.05. The van der Waals surface area contributed by atoms with Crippen molar-refractivity contribution >= 4 is 27.7 Å². The van der Waals surface area contributed by atoms with E-state index in [0.29, 0.717) is 29.4 Å². The summed E-state index contributed by atoms with van der Waals surface area (Å²) in [6, 6.07) is 5.66. The topological polar surface area (TPSA) is 120 Å². The summed E-state index contributed by atoms with van der Waals surface area (Å²) >= 11 is 3.56. The second-order valence-corrected chi connectivity index (χ2v) is 6.90. The number of nitrogen functional groups attached to an aromatic ring is 2. The molecule has 0 spiro atoms. The first kappa shape index (κ1) is 18.3. The summed E-state index contributed by atoms with van der Waals surface area (Å²) in [5.41, 5.74) is 12.7. The van der Waals surface area contributed by atoms with E-state index in [2.05, 4.69) is 25.9 Å². The van der Waals surface area contributed by atoms with Crippen LogP contribution in [-0.4, -0.2) is 22.7 Å². The molecule has 1 saturated carbocycles. The van der Waals surface area contributed by atoms with Crippen LogP contribution in [0.3, 0.4) is 0 Å². The summed E-state index contributed by atoms with van der Waals surface area (Å²) in [7, 11) is 0. The van der Waals surface area contributed by atoms with Gasteiger partial charge in [0.05, 0.1) is 22.9 Å². The Morgan fingerprint density at radius 3 is 2.65 bits per heavy atom. The molecule has 1 aromatic heterocycles. The van der Waals surface area contributed by atoms with Crippen LogP contribution in [-0.2, 0) is 0 Å². The molecule has 0 saturated heterocycles. The SMILES string of the molecule is CCOc1cc(-c2nc(N)nc(N)c2C#N)cc(Br)c1OC1CCCC1. The highest BCUT2D eigenvalue weighted by Gasteiger charge is 2.22. The molecule has 1 fully saturated rings. The maximum absolute atomic E-state index is 9.42. The number of nitriles is 1. The van der Waals surface area contributed by atoms with E-state index < -0.39 is 0 Å². The molecule has 0 amide bonds. The summed E-state index contributed by atoms with van der Waals surface area (Å²) in [5.74, 6) is 1.31. The van der Waals surface area contributed by atoms with Crippen molar-refractivity contribution in [3.05, 3.63) is 22.2 Å². The van der Waals surface area contributed by atoms with E-state index in [4.69, 9.17) is 20.9 Å². The van der Waals surface area contributed by atoms with Crippen LogP contribution in [0.25, 0.3) is 11.3 Å². The number of nitrogens with zero attached hydrogens (tertiary/aromatic N) is 3. The molecule has 0 bridgehead atoms. The molecule has 0 aliphatic heterocycles. The van der Waals surface area contributed by atoms with Crippen LogP contribution in [0.2, 0.25) is 0 Å². The highest BCUT2D eigenvalue weighted by Crippen LogP contribution is 2.42. The van der Waals surface area contributed by atoms with Gasteiger partial charge in [0.25, 0.3) is 0 Å². The number of aromatic nitrogens is 2. The Bertz CT molecular complexity index is 860. The van der Waals surface area contributed by atoms with Crippen molar-refractivity contribution in [3.8, 4) is 28.8 Å². The summed E-state index contributed by atoms with van der Waals surface area (Å²) in [6.07, 6.45) is 4.62. The smallest absolute Gasteiger partial charge is 0.222 e. The average molecular weight is 418 g/mol. The minimum Gasteiger partial charge on any atom is -0.490 e. The maximum atomic E-state index is 9.42. The van der Waals surface area contributed by atoms with Crippen LogP contribution in [0.5, 0.6) is 11.5 Å². The number of halogens is 1. The molecule has 3 rings (SSSR count). The quantitative estimate of drug-likeness (QED) is 0.760. The third-order valence-corrected chi connectivity index (χ3v) is 4.82. The highest BCUT2D eigenvalue weighted by molar-refractivity contribution is 9.10. The Labute approximate surface area is 160 Å². The Balaban J connectivity index is 2.08. The van der Waals surface area contributed by atoms with Crippen molar-refractivity contribution in [2.24, 2.45) is 0 Å². The van der Waals surface area contributed by atoms with Gasteiger partial charge in [0, 0.05) is 5.56 Å². The first-order chi connectivity index (χ1) is 12.5. The van der Waals surface area contributed by atoms with Crippen LogP contribution >= 0.6 is 15.9 Å². The number of hydrogen-bond donors (Lipinski definition) is 2. The molecule has 136 valence electrons. The predicted molar refractivity (Wildman–Crippen MR) is 103 cm³/mol. The van der Waals surface area contributed by atoms with Gasteiger partial charge in [-0.1, -0.05) is 0 Å². The van der Waals surface area contributed by atoms with Gasteiger partial charge < -0.3 is 20.9 Å². The summed E-state index contributed by atoms with van der Waals surface area (Å²) in [5, 5.41) is 9.42. The van der Waals surface area contributed by atoms with Gasteiger partial charge in [-0.05, 0) is 60.7 Å². The van der Waals surface area contributed by atoms with Crippen molar-refractivity contribution in [2.75, 3.05) is 18.1 Å². The van der Waals surface area contributed by atoms with Crippen molar-refractivity contribution in [2.45, 2.75) is 38.7 Å². The van der Waals surface area contributed by atoms with E-state index in [0.717, 1.165) is 17.3 Å². The Hall–Kier alpha value is -2.53. The average Bonchev–Trinajstić information content (AvgIpc) is 3.10. The Kier molecular flexibility index (Phi) is 5.47. The molecule has 7 nitrogen and oxygen atoms in total. The van der Waals surface area contributed by atoms with Gasteiger partial charge in [0.1, 0.15) is 17.5 Å². The molecular weight excluding hydrogens is 398 g/mol. The van der Waals surface area contributed by atoms with Crippen molar-refractivity contribution in [1.29, 1.82) is 5.26 Å². The number of nitrogens with two attached hydrogens (primary N) is 2. The molecule has 0 radical (unpaired) electrons. The van der Waals surface area contributed by atoms with E-state index in [1.807, 2.05) is 19.1 Å². The molecule has 8 heteroatoms. The van der Waals surface area contributed by atoms with Gasteiger partial charge in [-0.15, -0.1) is 0 Å². The first-order valence-electron chi connectivity index (χ1n) is 8.50. The molecule has 1 aromatic carbocycles. The van der Waals surface area contributed by atoms with E-state index in [1.54, 1.807) is 6.07 Å². The molecule has 2 aromatic rings. The fourth-order valence-corrected chi connectivity index (χ4v) is 3.61. The number of hydrogen-bond acceptors (Lipinski definition) is 7. The summed E-state index contributed by atoms with van der Waals surface area (Å²) < 4.78 is 12.7. The van der Waals surface area contributed by atoms with Crippen LogP contribution < -0.4 is 20.9 Å². The van der Waals surface area contributed by atoms with Gasteiger partial charge in [-0.2, -0.15) is 10.2 Å².